The molecule has 1 aliphatic heterocycles. The number of thioether (sulfide) groups is 1. The van der Waals surface area contributed by atoms with Crippen LogP contribution in [0.2, 0.25) is 0 Å². The number of benzene rings is 1. The quantitative estimate of drug-likeness (QED) is 0.297. The highest BCUT2D eigenvalue weighted by molar-refractivity contribution is 14.0. The minimum absolute atomic E-state index is 0. The molecule has 0 atom stereocenters. The van der Waals surface area contributed by atoms with Gasteiger partial charge in [0.25, 0.3) is 5.91 Å². The second-order valence-corrected chi connectivity index (χ2v) is 8.28. The van der Waals surface area contributed by atoms with Crippen molar-refractivity contribution in [3.63, 3.8) is 0 Å². The number of hydrogen-bond acceptors (Lipinski definition) is 3. The predicted octanol–water partition coefficient (Wildman–Crippen LogP) is 2.83. The number of amides is 1. The maximum absolute atomic E-state index is 12.0. The first kappa shape index (κ1) is 22.1. The van der Waals surface area contributed by atoms with Gasteiger partial charge >= 0.3 is 0 Å². The highest BCUT2D eigenvalue weighted by Gasteiger charge is 2.28. The SMILES string of the molecule is CN=C(NCCCNC(=O)c1ccccc1)N1CCSC(C)(C)C1.I. The molecule has 1 amide bonds. The van der Waals surface area contributed by atoms with Crippen molar-refractivity contribution < 1.29 is 4.79 Å². The number of guanidine groups is 1. The van der Waals surface area contributed by atoms with E-state index in [1.54, 1.807) is 0 Å². The fourth-order valence-corrected chi connectivity index (χ4v) is 3.82. The van der Waals surface area contributed by atoms with E-state index in [0.29, 0.717) is 12.1 Å². The third-order valence-corrected chi connectivity index (χ3v) is 5.19. The molecule has 0 unspecified atom stereocenters. The van der Waals surface area contributed by atoms with Crippen LogP contribution in [0.1, 0.15) is 30.6 Å². The maximum Gasteiger partial charge on any atom is 0.251 e. The molecular weight excluding hydrogens is 447 g/mol. The molecule has 25 heavy (non-hydrogen) atoms. The Morgan fingerprint density at radius 2 is 1.92 bits per heavy atom. The van der Waals surface area contributed by atoms with Gasteiger partial charge in [0.15, 0.2) is 5.96 Å². The molecular formula is C18H29IN4OS. The van der Waals surface area contributed by atoms with E-state index in [0.717, 1.165) is 37.8 Å². The average Bonchev–Trinajstić information content (AvgIpc) is 2.57. The summed E-state index contributed by atoms with van der Waals surface area (Å²) in [5.74, 6) is 2.06. The molecule has 2 rings (SSSR count). The summed E-state index contributed by atoms with van der Waals surface area (Å²) in [6, 6.07) is 9.31. The average molecular weight is 476 g/mol. The van der Waals surface area contributed by atoms with Gasteiger partial charge in [-0.2, -0.15) is 11.8 Å². The van der Waals surface area contributed by atoms with Gasteiger partial charge < -0.3 is 15.5 Å². The molecule has 7 heteroatoms. The minimum Gasteiger partial charge on any atom is -0.356 e. The van der Waals surface area contributed by atoms with Gasteiger partial charge in [0.05, 0.1) is 0 Å². The van der Waals surface area contributed by atoms with E-state index in [-0.39, 0.29) is 34.6 Å². The summed E-state index contributed by atoms with van der Waals surface area (Å²) in [6.45, 7) is 8.03. The lowest BCUT2D eigenvalue weighted by Crippen LogP contribution is -2.51. The van der Waals surface area contributed by atoms with Crippen LogP contribution < -0.4 is 10.6 Å². The summed E-state index contributed by atoms with van der Waals surface area (Å²) < 4.78 is 0.263. The number of aliphatic imine (C=N–C) groups is 1. The Balaban J connectivity index is 0.00000312. The van der Waals surface area contributed by atoms with E-state index in [1.807, 2.05) is 49.1 Å². The van der Waals surface area contributed by atoms with Crippen molar-refractivity contribution in [2.45, 2.75) is 25.0 Å². The summed E-state index contributed by atoms with van der Waals surface area (Å²) >= 11 is 2.01. The highest BCUT2D eigenvalue weighted by atomic mass is 127. The van der Waals surface area contributed by atoms with Crippen molar-refractivity contribution in [3.8, 4) is 0 Å². The molecule has 0 spiro atoms. The zero-order valence-electron chi connectivity index (χ0n) is 15.2. The van der Waals surface area contributed by atoms with Gasteiger partial charge in [-0.25, -0.2) is 0 Å². The van der Waals surface area contributed by atoms with Crippen molar-refractivity contribution in [1.82, 2.24) is 15.5 Å². The zero-order chi connectivity index (χ0) is 17.4. The lowest BCUT2D eigenvalue weighted by molar-refractivity contribution is 0.0953. The molecule has 0 bridgehead atoms. The Labute approximate surface area is 172 Å². The first-order chi connectivity index (χ1) is 11.5. The molecule has 1 heterocycles. The normalized spacial score (nSPS) is 16.8. The van der Waals surface area contributed by atoms with Gasteiger partial charge in [0.1, 0.15) is 0 Å². The molecule has 1 aliphatic rings. The van der Waals surface area contributed by atoms with E-state index in [9.17, 15) is 4.79 Å². The third kappa shape index (κ3) is 7.43. The molecule has 1 aromatic rings. The largest absolute Gasteiger partial charge is 0.356 e. The van der Waals surface area contributed by atoms with Crippen LogP contribution in [0.3, 0.4) is 0 Å². The molecule has 0 aromatic heterocycles. The summed E-state index contributed by atoms with van der Waals surface area (Å²) in [5, 5.41) is 6.35. The first-order valence-corrected chi connectivity index (χ1v) is 9.43. The standard InChI is InChI=1S/C18H28N4OS.HI/c1-18(2)14-22(12-13-24-18)17(19-3)21-11-7-10-20-16(23)15-8-5-4-6-9-15;/h4-6,8-9H,7,10-14H2,1-3H3,(H,19,21)(H,20,23);1H. The topological polar surface area (TPSA) is 56.7 Å². The number of carbonyl (C=O) groups excluding carboxylic acids is 1. The van der Waals surface area contributed by atoms with Crippen LogP contribution in [0.15, 0.2) is 35.3 Å². The maximum atomic E-state index is 12.0. The van der Waals surface area contributed by atoms with Crippen LogP contribution in [-0.4, -0.2) is 60.5 Å². The number of nitrogens with zero attached hydrogens (tertiary/aromatic N) is 2. The third-order valence-electron chi connectivity index (χ3n) is 3.90. The Hall–Kier alpha value is -0.960. The molecule has 1 aromatic carbocycles. The predicted molar refractivity (Wildman–Crippen MR) is 118 cm³/mol. The fraction of sp³-hybridized carbons (Fsp3) is 0.556. The van der Waals surface area contributed by atoms with Gasteiger partial charge in [0.2, 0.25) is 0 Å². The number of halogens is 1. The summed E-state index contributed by atoms with van der Waals surface area (Å²) in [6.07, 6.45) is 0.865. The number of rotatable bonds is 5. The van der Waals surface area contributed by atoms with Crippen molar-refractivity contribution in [2.75, 3.05) is 39.0 Å². The van der Waals surface area contributed by atoms with Gasteiger partial charge in [0, 0.05) is 49.3 Å². The first-order valence-electron chi connectivity index (χ1n) is 8.45. The summed E-state index contributed by atoms with van der Waals surface area (Å²) in [7, 11) is 1.83. The van der Waals surface area contributed by atoms with Crippen LogP contribution in [0.4, 0.5) is 0 Å². The zero-order valence-corrected chi connectivity index (χ0v) is 18.4. The summed E-state index contributed by atoms with van der Waals surface area (Å²) in [5.41, 5.74) is 0.703. The van der Waals surface area contributed by atoms with Crippen LogP contribution in [0, 0.1) is 0 Å². The van der Waals surface area contributed by atoms with Crippen LogP contribution in [0.5, 0.6) is 0 Å². The lowest BCUT2D eigenvalue weighted by atomic mass is 10.2. The molecule has 0 aliphatic carbocycles. The van der Waals surface area contributed by atoms with Crippen LogP contribution in [-0.2, 0) is 0 Å². The van der Waals surface area contributed by atoms with Gasteiger partial charge in [-0.15, -0.1) is 24.0 Å². The fourth-order valence-electron chi connectivity index (χ4n) is 2.71. The van der Waals surface area contributed by atoms with Crippen molar-refractivity contribution in [2.24, 2.45) is 4.99 Å². The van der Waals surface area contributed by atoms with Crippen LogP contribution >= 0.6 is 35.7 Å². The number of nitrogens with one attached hydrogen (secondary N) is 2. The Morgan fingerprint density at radius 3 is 2.56 bits per heavy atom. The molecule has 2 N–H and O–H groups in total. The molecule has 0 saturated carbocycles. The molecule has 1 fully saturated rings. The van der Waals surface area contributed by atoms with E-state index in [1.165, 1.54) is 0 Å². The molecule has 140 valence electrons. The summed E-state index contributed by atoms with van der Waals surface area (Å²) in [4.78, 5) is 18.7. The lowest BCUT2D eigenvalue weighted by Gasteiger charge is -2.39. The smallest absolute Gasteiger partial charge is 0.251 e. The minimum atomic E-state index is -0.0187. The number of carbonyl (C=O) groups is 1. The number of hydrogen-bond donors (Lipinski definition) is 2. The second kappa shape index (κ2) is 10.9. The van der Waals surface area contributed by atoms with Gasteiger partial charge in [-0.3, -0.25) is 9.79 Å². The van der Waals surface area contributed by atoms with E-state index in [2.05, 4.69) is 34.4 Å². The van der Waals surface area contributed by atoms with Crippen molar-refractivity contribution in [3.05, 3.63) is 35.9 Å². The van der Waals surface area contributed by atoms with Crippen LogP contribution in [0.25, 0.3) is 0 Å². The molecule has 5 nitrogen and oxygen atoms in total. The Kier molecular flexibility index (Phi) is 9.63. The van der Waals surface area contributed by atoms with Gasteiger partial charge in [-0.05, 0) is 32.4 Å². The van der Waals surface area contributed by atoms with E-state index in [4.69, 9.17) is 0 Å². The van der Waals surface area contributed by atoms with E-state index < -0.39 is 0 Å². The van der Waals surface area contributed by atoms with Crippen molar-refractivity contribution >= 4 is 47.6 Å². The monoisotopic (exact) mass is 476 g/mol. The Morgan fingerprint density at radius 1 is 1.24 bits per heavy atom. The van der Waals surface area contributed by atoms with E-state index >= 15 is 0 Å². The second-order valence-electron chi connectivity index (χ2n) is 6.48. The van der Waals surface area contributed by atoms with Gasteiger partial charge in [-0.1, -0.05) is 18.2 Å². The molecule has 0 radical (unpaired) electrons. The highest BCUT2D eigenvalue weighted by Crippen LogP contribution is 2.29. The Bertz CT molecular complexity index is 565. The van der Waals surface area contributed by atoms with Crippen molar-refractivity contribution in [1.29, 1.82) is 0 Å². The molecule has 1 saturated heterocycles.